The number of H-pyrrole nitrogens is 1. The Morgan fingerprint density at radius 3 is 2.85 bits per heavy atom. The van der Waals surface area contributed by atoms with Gasteiger partial charge in [-0.15, -0.1) is 11.3 Å². The van der Waals surface area contributed by atoms with E-state index in [4.69, 9.17) is 0 Å². The second kappa shape index (κ2) is 6.68. The van der Waals surface area contributed by atoms with Gasteiger partial charge < -0.3 is 4.90 Å². The molecule has 0 radical (unpaired) electrons. The standard InChI is InChI=1S/C19H15FN4OS/c1-24(19(25)13-4-7-16-17(8-13)26-11-21-16)10-14-9-22-23-18(14)12-2-5-15(20)6-3-12/h2-9,11H,10H2,1H3,(H,22,23). The third-order valence-electron chi connectivity index (χ3n) is 4.18. The van der Waals surface area contributed by atoms with Gasteiger partial charge in [0, 0.05) is 30.3 Å². The molecule has 2 aromatic heterocycles. The van der Waals surface area contributed by atoms with Gasteiger partial charge in [-0.25, -0.2) is 9.37 Å². The molecule has 0 aliphatic carbocycles. The molecule has 26 heavy (non-hydrogen) atoms. The Kier molecular flexibility index (Phi) is 4.22. The van der Waals surface area contributed by atoms with Crippen molar-refractivity contribution in [1.29, 1.82) is 0 Å². The lowest BCUT2D eigenvalue weighted by atomic mass is 10.1. The first kappa shape index (κ1) is 16.4. The van der Waals surface area contributed by atoms with Crippen LogP contribution in [0.2, 0.25) is 0 Å². The van der Waals surface area contributed by atoms with Crippen molar-refractivity contribution >= 4 is 27.5 Å². The highest BCUT2D eigenvalue weighted by Crippen LogP contribution is 2.24. The molecule has 0 aliphatic heterocycles. The van der Waals surface area contributed by atoms with Crippen LogP contribution in [-0.2, 0) is 6.54 Å². The van der Waals surface area contributed by atoms with Crippen LogP contribution in [0.15, 0.2) is 54.2 Å². The van der Waals surface area contributed by atoms with E-state index < -0.39 is 0 Å². The van der Waals surface area contributed by atoms with Gasteiger partial charge in [-0.05, 0) is 42.5 Å². The summed E-state index contributed by atoms with van der Waals surface area (Å²) in [6.07, 6.45) is 1.69. The minimum atomic E-state index is -0.291. The van der Waals surface area contributed by atoms with Gasteiger partial charge in [-0.2, -0.15) is 5.10 Å². The third-order valence-corrected chi connectivity index (χ3v) is 4.97. The zero-order chi connectivity index (χ0) is 18.1. The first-order valence-corrected chi connectivity index (χ1v) is 8.86. The number of amides is 1. The van der Waals surface area contributed by atoms with Crippen LogP contribution in [0.1, 0.15) is 15.9 Å². The van der Waals surface area contributed by atoms with Crippen LogP contribution < -0.4 is 0 Å². The molecule has 0 unspecified atom stereocenters. The van der Waals surface area contributed by atoms with Gasteiger partial charge in [-0.1, -0.05) is 0 Å². The molecule has 130 valence electrons. The predicted octanol–water partition coefficient (Wildman–Crippen LogP) is 4.10. The number of benzene rings is 2. The average Bonchev–Trinajstić information content (AvgIpc) is 3.30. The van der Waals surface area contributed by atoms with Crippen LogP contribution in [0.4, 0.5) is 4.39 Å². The maximum absolute atomic E-state index is 13.1. The number of aromatic amines is 1. The van der Waals surface area contributed by atoms with Crippen molar-refractivity contribution < 1.29 is 9.18 Å². The smallest absolute Gasteiger partial charge is 0.253 e. The Labute approximate surface area is 153 Å². The van der Waals surface area contributed by atoms with Crippen molar-refractivity contribution in [1.82, 2.24) is 20.1 Å². The minimum Gasteiger partial charge on any atom is -0.337 e. The predicted molar refractivity (Wildman–Crippen MR) is 99.4 cm³/mol. The SMILES string of the molecule is CN(Cc1cn[nH]c1-c1ccc(F)cc1)C(=O)c1ccc2ncsc2c1. The molecule has 0 bridgehead atoms. The zero-order valence-corrected chi connectivity index (χ0v) is 14.8. The van der Waals surface area contributed by atoms with Crippen molar-refractivity contribution in [3.05, 3.63) is 71.1 Å². The maximum atomic E-state index is 13.1. The van der Waals surface area contributed by atoms with E-state index in [1.807, 2.05) is 12.1 Å². The third kappa shape index (κ3) is 3.09. The van der Waals surface area contributed by atoms with Gasteiger partial charge in [-0.3, -0.25) is 9.89 Å². The highest BCUT2D eigenvalue weighted by Gasteiger charge is 2.16. The van der Waals surface area contributed by atoms with E-state index in [0.717, 1.165) is 27.0 Å². The summed E-state index contributed by atoms with van der Waals surface area (Å²) < 4.78 is 14.1. The fraction of sp³-hybridized carbons (Fsp3) is 0.105. The minimum absolute atomic E-state index is 0.0773. The summed E-state index contributed by atoms with van der Waals surface area (Å²) in [5.74, 6) is -0.368. The van der Waals surface area contributed by atoms with Crippen molar-refractivity contribution in [2.45, 2.75) is 6.54 Å². The molecule has 2 heterocycles. The first-order chi connectivity index (χ1) is 12.6. The molecule has 0 spiro atoms. The number of fused-ring (bicyclic) bond motifs is 1. The van der Waals surface area contributed by atoms with Gasteiger partial charge in [0.2, 0.25) is 0 Å². The Balaban J connectivity index is 1.56. The van der Waals surface area contributed by atoms with Gasteiger partial charge in [0.15, 0.2) is 0 Å². The summed E-state index contributed by atoms with van der Waals surface area (Å²) in [6.45, 7) is 0.392. The van der Waals surface area contributed by atoms with E-state index in [1.54, 1.807) is 41.9 Å². The van der Waals surface area contributed by atoms with Crippen LogP contribution in [0.25, 0.3) is 21.5 Å². The van der Waals surface area contributed by atoms with Gasteiger partial charge in [0.25, 0.3) is 5.91 Å². The van der Waals surface area contributed by atoms with E-state index in [-0.39, 0.29) is 11.7 Å². The molecule has 0 fully saturated rings. The van der Waals surface area contributed by atoms with Crippen molar-refractivity contribution in [3.63, 3.8) is 0 Å². The van der Waals surface area contributed by atoms with Gasteiger partial charge >= 0.3 is 0 Å². The summed E-state index contributed by atoms with van der Waals surface area (Å²) >= 11 is 1.51. The Hall–Kier alpha value is -3.06. The molecule has 0 aliphatic rings. The Bertz CT molecular complexity index is 1070. The number of hydrogen-bond donors (Lipinski definition) is 1. The molecule has 0 saturated carbocycles. The quantitative estimate of drug-likeness (QED) is 0.591. The van der Waals surface area contributed by atoms with Crippen molar-refractivity contribution in [3.8, 4) is 11.3 Å². The van der Waals surface area contributed by atoms with Crippen molar-refractivity contribution in [2.75, 3.05) is 7.05 Å². The van der Waals surface area contributed by atoms with Gasteiger partial charge in [0.1, 0.15) is 5.82 Å². The van der Waals surface area contributed by atoms with E-state index >= 15 is 0 Å². The normalized spacial score (nSPS) is 11.0. The summed E-state index contributed by atoms with van der Waals surface area (Å²) in [5, 5.41) is 7.01. The second-order valence-electron chi connectivity index (χ2n) is 5.97. The largest absolute Gasteiger partial charge is 0.337 e. The summed E-state index contributed by atoms with van der Waals surface area (Å²) in [4.78, 5) is 18.6. The summed E-state index contributed by atoms with van der Waals surface area (Å²) in [7, 11) is 1.75. The fourth-order valence-electron chi connectivity index (χ4n) is 2.83. The van der Waals surface area contributed by atoms with Crippen molar-refractivity contribution in [2.24, 2.45) is 0 Å². The summed E-state index contributed by atoms with van der Waals surface area (Å²) in [5.41, 5.74) is 5.75. The molecule has 7 heteroatoms. The molecule has 0 saturated heterocycles. The topological polar surface area (TPSA) is 61.9 Å². The number of rotatable bonds is 4. The van der Waals surface area contributed by atoms with E-state index in [2.05, 4.69) is 15.2 Å². The number of carbonyl (C=O) groups excluding carboxylic acids is 1. The maximum Gasteiger partial charge on any atom is 0.253 e. The number of carbonyl (C=O) groups is 1. The van der Waals surface area contributed by atoms with E-state index in [0.29, 0.717) is 12.1 Å². The van der Waals surface area contributed by atoms with E-state index in [1.165, 1.54) is 23.5 Å². The summed E-state index contributed by atoms with van der Waals surface area (Å²) in [6, 6.07) is 11.7. The monoisotopic (exact) mass is 366 g/mol. The number of thiazole rings is 1. The molecule has 4 rings (SSSR count). The Morgan fingerprint density at radius 2 is 2.04 bits per heavy atom. The highest BCUT2D eigenvalue weighted by molar-refractivity contribution is 7.16. The van der Waals surface area contributed by atoms with Crippen LogP contribution in [0.5, 0.6) is 0 Å². The zero-order valence-electron chi connectivity index (χ0n) is 13.9. The van der Waals surface area contributed by atoms with Crippen LogP contribution in [0.3, 0.4) is 0 Å². The number of nitrogens with zero attached hydrogens (tertiary/aromatic N) is 3. The lowest BCUT2D eigenvalue weighted by Gasteiger charge is -2.17. The first-order valence-electron chi connectivity index (χ1n) is 7.99. The molecule has 1 N–H and O–H groups in total. The molecular formula is C19H15FN4OS. The van der Waals surface area contributed by atoms with Crippen LogP contribution in [-0.4, -0.2) is 33.0 Å². The average molecular weight is 366 g/mol. The second-order valence-corrected chi connectivity index (χ2v) is 6.86. The molecule has 4 aromatic rings. The number of nitrogens with one attached hydrogen (secondary N) is 1. The number of aromatic nitrogens is 3. The highest BCUT2D eigenvalue weighted by atomic mass is 32.1. The molecule has 0 atom stereocenters. The number of hydrogen-bond acceptors (Lipinski definition) is 4. The van der Waals surface area contributed by atoms with E-state index in [9.17, 15) is 9.18 Å². The lowest BCUT2D eigenvalue weighted by Crippen LogP contribution is -2.26. The molecule has 2 aromatic carbocycles. The van der Waals surface area contributed by atoms with Crippen LogP contribution >= 0.6 is 11.3 Å². The lowest BCUT2D eigenvalue weighted by molar-refractivity contribution is 0.0785. The fourth-order valence-corrected chi connectivity index (χ4v) is 3.55. The molecular weight excluding hydrogens is 351 g/mol. The molecule has 5 nitrogen and oxygen atoms in total. The van der Waals surface area contributed by atoms with Gasteiger partial charge in [0.05, 0.1) is 27.6 Å². The molecule has 1 amide bonds. The van der Waals surface area contributed by atoms with Crippen LogP contribution in [0, 0.1) is 5.82 Å². The number of halogens is 1. The Morgan fingerprint density at radius 1 is 1.23 bits per heavy atom.